The Kier molecular flexibility index (Phi) is 4.94. The number of benzene rings is 1. The van der Waals surface area contributed by atoms with Gasteiger partial charge in [0.15, 0.2) is 5.78 Å². The van der Waals surface area contributed by atoms with Gasteiger partial charge in [-0.2, -0.15) is 0 Å². The number of hydrogen-bond donors (Lipinski definition) is 0. The standard InChI is InChI=1S/C16H23NO/c1-14-7-6-8-15(13-14)16(18)9-2-3-10-17-11-4-5-12-17/h6-8,13H,2-5,9-12H2,1H3. The summed E-state index contributed by atoms with van der Waals surface area (Å²) in [5, 5.41) is 0. The number of carbonyl (C=O) groups is 1. The first kappa shape index (κ1) is 13.3. The molecule has 1 aliphatic rings. The van der Waals surface area contributed by atoms with E-state index in [2.05, 4.69) is 4.90 Å². The highest BCUT2D eigenvalue weighted by molar-refractivity contribution is 5.96. The van der Waals surface area contributed by atoms with Crippen LogP contribution in [-0.2, 0) is 0 Å². The van der Waals surface area contributed by atoms with Crippen LogP contribution in [0.4, 0.5) is 0 Å². The summed E-state index contributed by atoms with van der Waals surface area (Å²) in [6.07, 6.45) is 5.56. The molecule has 0 aliphatic carbocycles. The quantitative estimate of drug-likeness (QED) is 0.565. The molecule has 1 saturated heterocycles. The fraction of sp³-hybridized carbons (Fsp3) is 0.562. The first-order chi connectivity index (χ1) is 8.75. The normalized spacial score (nSPS) is 16.1. The summed E-state index contributed by atoms with van der Waals surface area (Å²) in [5.74, 6) is 0.292. The largest absolute Gasteiger partial charge is 0.303 e. The molecule has 1 aromatic carbocycles. The fourth-order valence-electron chi connectivity index (χ4n) is 2.59. The molecule has 0 radical (unpaired) electrons. The SMILES string of the molecule is Cc1cccc(C(=O)CCCCN2CCCC2)c1. The van der Waals surface area contributed by atoms with E-state index in [4.69, 9.17) is 0 Å². The molecular formula is C16H23NO. The summed E-state index contributed by atoms with van der Waals surface area (Å²) >= 11 is 0. The Morgan fingerprint density at radius 3 is 2.72 bits per heavy atom. The highest BCUT2D eigenvalue weighted by Gasteiger charge is 2.11. The Labute approximate surface area is 110 Å². The van der Waals surface area contributed by atoms with Crippen molar-refractivity contribution in [2.24, 2.45) is 0 Å². The first-order valence-corrected chi connectivity index (χ1v) is 7.08. The molecular weight excluding hydrogens is 222 g/mol. The number of unbranched alkanes of at least 4 members (excludes halogenated alkanes) is 1. The number of rotatable bonds is 6. The maximum atomic E-state index is 12.0. The summed E-state index contributed by atoms with van der Waals surface area (Å²) in [6, 6.07) is 7.91. The van der Waals surface area contributed by atoms with E-state index in [-0.39, 0.29) is 0 Å². The highest BCUT2D eigenvalue weighted by Crippen LogP contribution is 2.12. The van der Waals surface area contributed by atoms with Crippen molar-refractivity contribution in [2.45, 2.75) is 39.0 Å². The molecule has 0 atom stereocenters. The molecule has 0 unspecified atom stereocenters. The van der Waals surface area contributed by atoms with Crippen molar-refractivity contribution < 1.29 is 4.79 Å². The molecule has 2 heteroatoms. The summed E-state index contributed by atoms with van der Waals surface area (Å²) in [6.45, 7) is 5.71. The molecule has 1 aliphatic heterocycles. The lowest BCUT2D eigenvalue weighted by molar-refractivity contribution is 0.0978. The Morgan fingerprint density at radius 1 is 1.22 bits per heavy atom. The van der Waals surface area contributed by atoms with Crippen molar-refractivity contribution in [3.05, 3.63) is 35.4 Å². The number of ketones is 1. The van der Waals surface area contributed by atoms with Crippen LogP contribution in [0.3, 0.4) is 0 Å². The molecule has 0 saturated carbocycles. The number of carbonyl (C=O) groups excluding carboxylic acids is 1. The van der Waals surface area contributed by atoms with Gasteiger partial charge in [-0.15, -0.1) is 0 Å². The molecule has 0 bridgehead atoms. The van der Waals surface area contributed by atoms with E-state index in [0.29, 0.717) is 12.2 Å². The van der Waals surface area contributed by atoms with Crippen molar-refractivity contribution >= 4 is 5.78 Å². The number of likely N-dealkylation sites (tertiary alicyclic amines) is 1. The van der Waals surface area contributed by atoms with Crippen molar-refractivity contribution in [1.29, 1.82) is 0 Å². The van der Waals surface area contributed by atoms with Crippen LogP contribution in [0, 0.1) is 6.92 Å². The monoisotopic (exact) mass is 245 g/mol. The lowest BCUT2D eigenvalue weighted by Gasteiger charge is -2.13. The van der Waals surface area contributed by atoms with Crippen LogP contribution in [-0.4, -0.2) is 30.3 Å². The van der Waals surface area contributed by atoms with E-state index >= 15 is 0 Å². The fourth-order valence-corrected chi connectivity index (χ4v) is 2.59. The molecule has 1 heterocycles. The van der Waals surface area contributed by atoms with E-state index in [9.17, 15) is 4.79 Å². The van der Waals surface area contributed by atoms with Gasteiger partial charge in [0, 0.05) is 12.0 Å². The smallest absolute Gasteiger partial charge is 0.162 e. The van der Waals surface area contributed by atoms with E-state index < -0.39 is 0 Å². The number of Topliss-reactive ketones (excluding diaryl/α,β-unsaturated/α-hetero) is 1. The minimum absolute atomic E-state index is 0.292. The van der Waals surface area contributed by atoms with Crippen LogP contribution in [0.2, 0.25) is 0 Å². The minimum Gasteiger partial charge on any atom is -0.303 e. The molecule has 1 fully saturated rings. The third-order valence-electron chi connectivity index (χ3n) is 3.67. The van der Waals surface area contributed by atoms with Gasteiger partial charge in [-0.05, 0) is 58.3 Å². The van der Waals surface area contributed by atoms with Gasteiger partial charge in [0.2, 0.25) is 0 Å². The predicted octanol–water partition coefficient (Wildman–Crippen LogP) is 3.44. The third kappa shape index (κ3) is 3.95. The van der Waals surface area contributed by atoms with Gasteiger partial charge in [-0.1, -0.05) is 23.8 Å². The summed E-state index contributed by atoms with van der Waals surface area (Å²) < 4.78 is 0. The van der Waals surface area contributed by atoms with Crippen molar-refractivity contribution in [3.8, 4) is 0 Å². The summed E-state index contributed by atoms with van der Waals surface area (Å²) in [5.41, 5.74) is 2.04. The second kappa shape index (κ2) is 6.69. The third-order valence-corrected chi connectivity index (χ3v) is 3.67. The van der Waals surface area contributed by atoms with Crippen LogP contribution in [0.5, 0.6) is 0 Å². The van der Waals surface area contributed by atoms with Crippen LogP contribution in [0.1, 0.15) is 48.0 Å². The average Bonchev–Trinajstić information content (AvgIpc) is 2.87. The summed E-state index contributed by atoms with van der Waals surface area (Å²) in [4.78, 5) is 14.5. The molecule has 0 N–H and O–H groups in total. The highest BCUT2D eigenvalue weighted by atomic mass is 16.1. The van der Waals surface area contributed by atoms with E-state index in [1.807, 2.05) is 31.2 Å². The van der Waals surface area contributed by atoms with E-state index in [0.717, 1.165) is 24.0 Å². The molecule has 18 heavy (non-hydrogen) atoms. The van der Waals surface area contributed by atoms with Crippen LogP contribution in [0.25, 0.3) is 0 Å². The minimum atomic E-state index is 0.292. The van der Waals surface area contributed by atoms with Gasteiger partial charge >= 0.3 is 0 Å². The zero-order valence-electron chi connectivity index (χ0n) is 11.3. The number of nitrogens with zero attached hydrogens (tertiary/aromatic N) is 1. The molecule has 0 amide bonds. The number of aryl methyl sites for hydroxylation is 1. The molecule has 0 aromatic heterocycles. The maximum absolute atomic E-state index is 12.0. The second-order valence-corrected chi connectivity index (χ2v) is 5.30. The average molecular weight is 245 g/mol. The molecule has 0 spiro atoms. The van der Waals surface area contributed by atoms with Gasteiger partial charge in [0.05, 0.1) is 0 Å². The Bertz CT molecular complexity index is 394. The predicted molar refractivity (Wildman–Crippen MR) is 75.0 cm³/mol. The first-order valence-electron chi connectivity index (χ1n) is 7.08. The van der Waals surface area contributed by atoms with Gasteiger partial charge in [-0.3, -0.25) is 4.79 Å². The molecule has 2 nitrogen and oxygen atoms in total. The Hall–Kier alpha value is -1.15. The van der Waals surface area contributed by atoms with Gasteiger partial charge < -0.3 is 4.90 Å². The lowest BCUT2D eigenvalue weighted by atomic mass is 10.0. The van der Waals surface area contributed by atoms with Gasteiger partial charge in [0.1, 0.15) is 0 Å². The Balaban J connectivity index is 1.68. The number of hydrogen-bond acceptors (Lipinski definition) is 2. The van der Waals surface area contributed by atoms with E-state index in [1.165, 1.54) is 32.5 Å². The molecule has 1 aromatic rings. The lowest BCUT2D eigenvalue weighted by Crippen LogP contribution is -2.20. The maximum Gasteiger partial charge on any atom is 0.162 e. The van der Waals surface area contributed by atoms with Gasteiger partial charge in [-0.25, -0.2) is 0 Å². The molecule has 2 rings (SSSR count). The van der Waals surface area contributed by atoms with Crippen LogP contribution in [0.15, 0.2) is 24.3 Å². The zero-order chi connectivity index (χ0) is 12.8. The topological polar surface area (TPSA) is 20.3 Å². The Morgan fingerprint density at radius 2 is 2.00 bits per heavy atom. The van der Waals surface area contributed by atoms with Crippen molar-refractivity contribution in [3.63, 3.8) is 0 Å². The zero-order valence-corrected chi connectivity index (χ0v) is 11.3. The molecule has 98 valence electrons. The van der Waals surface area contributed by atoms with Crippen molar-refractivity contribution in [1.82, 2.24) is 4.90 Å². The van der Waals surface area contributed by atoms with E-state index in [1.54, 1.807) is 0 Å². The van der Waals surface area contributed by atoms with Crippen LogP contribution >= 0.6 is 0 Å². The van der Waals surface area contributed by atoms with Gasteiger partial charge in [0.25, 0.3) is 0 Å². The van der Waals surface area contributed by atoms with Crippen molar-refractivity contribution in [2.75, 3.05) is 19.6 Å². The second-order valence-electron chi connectivity index (χ2n) is 5.30. The summed E-state index contributed by atoms with van der Waals surface area (Å²) in [7, 11) is 0. The van der Waals surface area contributed by atoms with Crippen LogP contribution < -0.4 is 0 Å².